The van der Waals surface area contributed by atoms with Crippen molar-refractivity contribution in [2.75, 3.05) is 6.61 Å². The van der Waals surface area contributed by atoms with Crippen LogP contribution in [0.1, 0.15) is 46.0 Å². The van der Waals surface area contributed by atoms with Crippen LogP contribution in [0, 0.1) is 34.0 Å². The number of Topliss-reactive ketones (excluding diaryl/α,β-unsaturated/α-hetero) is 1. The molecule has 0 unspecified atom stereocenters. The fraction of sp³-hybridized carbons (Fsp3) is 0.850. The van der Waals surface area contributed by atoms with Gasteiger partial charge in [-0.05, 0) is 54.9 Å². The lowest BCUT2D eigenvalue weighted by molar-refractivity contribution is -0.412. The maximum absolute atomic E-state index is 13.3. The van der Waals surface area contributed by atoms with Gasteiger partial charge in [0.2, 0.25) is 0 Å². The van der Waals surface area contributed by atoms with Gasteiger partial charge < -0.3 is 20.1 Å². The summed E-state index contributed by atoms with van der Waals surface area (Å²) in [5.74, 6) is -2.53. The number of aliphatic hydroxyl groups is 3. The number of carbonyl (C=O) groups is 1. The van der Waals surface area contributed by atoms with Crippen molar-refractivity contribution in [2.45, 2.75) is 63.9 Å². The van der Waals surface area contributed by atoms with Crippen LogP contribution < -0.4 is 0 Å². The van der Waals surface area contributed by atoms with Gasteiger partial charge in [-0.2, -0.15) is 0 Å². The summed E-state index contributed by atoms with van der Waals surface area (Å²) in [6, 6.07) is 0. The van der Waals surface area contributed by atoms with E-state index in [1.807, 2.05) is 0 Å². The SMILES string of the molecule is C=C1C(=O)[C@]23[C@H](O)C[C@@H]4C(C)(C)CC[C@H](O)[C@]45CO[C@@]2(O)[C@H]1CC[C@@H]53. The Labute approximate surface area is 148 Å². The Morgan fingerprint density at radius 2 is 1.84 bits per heavy atom. The lowest BCUT2D eigenvalue weighted by atomic mass is 9.37. The third-order valence-corrected chi connectivity index (χ3v) is 8.90. The van der Waals surface area contributed by atoms with Crippen molar-refractivity contribution in [3.05, 3.63) is 12.2 Å². The molecule has 5 aliphatic rings. The first-order chi connectivity index (χ1) is 11.6. The molecule has 8 atom stereocenters. The molecule has 3 N–H and O–H groups in total. The number of rotatable bonds is 0. The molecule has 25 heavy (non-hydrogen) atoms. The minimum Gasteiger partial charge on any atom is -0.392 e. The summed E-state index contributed by atoms with van der Waals surface area (Å²) in [5.41, 5.74) is -1.57. The lowest BCUT2D eigenvalue weighted by Gasteiger charge is -2.72. The first kappa shape index (κ1) is 16.4. The summed E-state index contributed by atoms with van der Waals surface area (Å²) < 4.78 is 6.07. The Morgan fingerprint density at radius 3 is 2.56 bits per heavy atom. The number of carbonyl (C=O) groups excluding carboxylic acids is 1. The molecule has 138 valence electrons. The molecule has 5 fully saturated rings. The number of ketones is 1. The van der Waals surface area contributed by atoms with Crippen molar-refractivity contribution in [1.29, 1.82) is 0 Å². The van der Waals surface area contributed by atoms with Crippen LogP contribution in [0.5, 0.6) is 0 Å². The van der Waals surface area contributed by atoms with Crippen LogP contribution in [0.15, 0.2) is 12.2 Å². The summed E-state index contributed by atoms with van der Waals surface area (Å²) in [7, 11) is 0. The largest absolute Gasteiger partial charge is 0.392 e. The third kappa shape index (κ3) is 1.41. The van der Waals surface area contributed by atoms with E-state index in [9.17, 15) is 20.1 Å². The molecule has 4 saturated carbocycles. The lowest BCUT2D eigenvalue weighted by Crippen LogP contribution is -2.79. The van der Waals surface area contributed by atoms with Gasteiger partial charge in [0.1, 0.15) is 5.41 Å². The first-order valence-corrected chi connectivity index (χ1v) is 9.60. The van der Waals surface area contributed by atoms with Crippen molar-refractivity contribution in [2.24, 2.45) is 34.0 Å². The fourth-order valence-electron chi connectivity index (χ4n) is 7.85. The number of aliphatic hydroxyl groups excluding tert-OH is 2. The molecule has 0 aromatic rings. The van der Waals surface area contributed by atoms with Gasteiger partial charge in [-0.15, -0.1) is 0 Å². The Hall–Kier alpha value is -0.750. The standard InChI is InChI=1S/C20H28O5/c1-10-11-4-5-12-18-9-25-20(11,24)19(12,16(10)23)15(22)8-13(18)17(2,3)7-6-14(18)21/h11-15,21-22,24H,1,4-9H2,2-3H3/t11-,12-,13+,14-,15+,18-,19-,20-/m0/s1. The highest BCUT2D eigenvalue weighted by Crippen LogP contribution is 2.76. The van der Waals surface area contributed by atoms with Gasteiger partial charge in [0.15, 0.2) is 11.6 Å². The van der Waals surface area contributed by atoms with E-state index >= 15 is 0 Å². The molecule has 0 aromatic heterocycles. The molecule has 0 radical (unpaired) electrons. The van der Waals surface area contributed by atoms with Gasteiger partial charge >= 0.3 is 0 Å². The van der Waals surface area contributed by atoms with E-state index in [1.165, 1.54) is 0 Å². The second-order valence-corrected chi connectivity index (χ2v) is 9.85. The predicted molar refractivity (Wildman–Crippen MR) is 89.3 cm³/mol. The minimum atomic E-state index is -1.67. The average molecular weight is 348 g/mol. The van der Waals surface area contributed by atoms with E-state index < -0.39 is 34.7 Å². The van der Waals surface area contributed by atoms with Crippen molar-refractivity contribution in [1.82, 2.24) is 0 Å². The van der Waals surface area contributed by atoms with Gasteiger partial charge in [0, 0.05) is 11.3 Å². The van der Waals surface area contributed by atoms with Crippen molar-refractivity contribution < 1.29 is 24.9 Å². The highest BCUT2D eigenvalue weighted by molar-refractivity contribution is 6.05. The summed E-state index contributed by atoms with van der Waals surface area (Å²) in [6.45, 7) is 8.59. The van der Waals surface area contributed by atoms with Gasteiger partial charge in [-0.1, -0.05) is 20.4 Å². The zero-order valence-corrected chi connectivity index (χ0v) is 15.0. The number of ether oxygens (including phenoxy) is 1. The molecular formula is C20H28O5. The molecule has 4 aliphatic carbocycles. The normalized spacial score (nSPS) is 58.8. The summed E-state index contributed by atoms with van der Waals surface area (Å²) >= 11 is 0. The Morgan fingerprint density at radius 1 is 1.12 bits per heavy atom. The summed E-state index contributed by atoms with van der Waals surface area (Å²) in [4.78, 5) is 13.3. The molecular weight excluding hydrogens is 320 g/mol. The fourth-order valence-corrected chi connectivity index (χ4v) is 7.85. The van der Waals surface area contributed by atoms with Crippen LogP contribution in [0.25, 0.3) is 0 Å². The van der Waals surface area contributed by atoms with E-state index in [1.54, 1.807) is 0 Å². The zero-order chi connectivity index (χ0) is 18.0. The highest BCUT2D eigenvalue weighted by atomic mass is 16.6. The molecule has 0 aromatic carbocycles. The van der Waals surface area contributed by atoms with Gasteiger partial charge in [0.05, 0.1) is 18.8 Å². The van der Waals surface area contributed by atoms with E-state index in [4.69, 9.17) is 4.74 Å². The molecule has 5 rings (SSSR count). The Bertz CT molecular complexity index is 686. The molecule has 1 saturated heterocycles. The predicted octanol–water partition coefficient (Wildman–Crippen LogP) is 1.40. The Balaban J connectivity index is 1.78. The monoisotopic (exact) mass is 348 g/mol. The molecule has 0 amide bonds. The number of hydrogen-bond acceptors (Lipinski definition) is 5. The third-order valence-electron chi connectivity index (χ3n) is 8.90. The highest BCUT2D eigenvalue weighted by Gasteiger charge is 2.84. The summed E-state index contributed by atoms with van der Waals surface area (Å²) in [5, 5.41) is 33.8. The van der Waals surface area contributed by atoms with Crippen LogP contribution in [-0.4, -0.2) is 45.7 Å². The average Bonchev–Trinajstić information content (AvgIpc) is 2.64. The quantitative estimate of drug-likeness (QED) is 0.576. The second-order valence-electron chi connectivity index (χ2n) is 9.85. The van der Waals surface area contributed by atoms with Crippen LogP contribution >= 0.6 is 0 Å². The molecule has 5 heteroatoms. The van der Waals surface area contributed by atoms with Crippen molar-refractivity contribution >= 4 is 5.78 Å². The Kier molecular flexibility index (Phi) is 2.88. The molecule has 2 spiro atoms. The van der Waals surface area contributed by atoms with Crippen LogP contribution in [-0.2, 0) is 9.53 Å². The van der Waals surface area contributed by atoms with E-state index in [2.05, 4.69) is 20.4 Å². The molecule has 1 aliphatic heterocycles. The van der Waals surface area contributed by atoms with Crippen LogP contribution in [0.2, 0.25) is 0 Å². The van der Waals surface area contributed by atoms with Gasteiger partial charge in [0.25, 0.3) is 0 Å². The summed E-state index contributed by atoms with van der Waals surface area (Å²) in [6.07, 6.45) is 1.82. The van der Waals surface area contributed by atoms with Gasteiger partial charge in [-0.3, -0.25) is 4.79 Å². The smallest absolute Gasteiger partial charge is 0.188 e. The number of hydrogen-bond donors (Lipinski definition) is 3. The first-order valence-electron chi connectivity index (χ1n) is 9.60. The van der Waals surface area contributed by atoms with Crippen LogP contribution in [0.3, 0.4) is 0 Å². The molecule has 5 bridgehead atoms. The topological polar surface area (TPSA) is 87.0 Å². The van der Waals surface area contributed by atoms with Crippen LogP contribution in [0.4, 0.5) is 0 Å². The van der Waals surface area contributed by atoms with Crippen molar-refractivity contribution in [3.8, 4) is 0 Å². The van der Waals surface area contributed by atoms with E-state index in [0.717, 1.165) is 12.8 Å². The maximum Gasteiger partial charge on any atom is 0.188 e. The molecule has 5 nitrogen and oxygen atoms in total. The van der Waals surface area contributed by atoms with Crippen molar-refractivity contribution in [3.63, 3.8) is 0 Å². The zero-order valence-electron chi connectivity index (χ0n) is 15.0. The molecule has 1 heterocycles. The van der Waals surface area contributed by atoms with E-state index in [0.29, 0.717) is 24.8 Å². The second kappa shape index (κ2) is 4.38. The van der Waals surface area contributed by atoms with Gasteiger partial charge in [-0.25, -0.2) is 0 Å². The van der Waals surface area contributed by atoms with E-state index in [-0.39, 0.29) is 29.6 Å². The maximum atomic E-state index is 13.3. The minimum absolute atomic E-state index is 0.0455.